The number of carbonyl (C=O) groups excluding carboxylic acids is 1. The number of anilines is 1. The van der Waals surface area contributed by atoms with Crippen LogP contribution in [0.5, 0.6) is 0 Å². The zero-order valence-corrected chi connectivity index (χ0v) is 12.4. The lowest BCUT2D eigenvalue weighted by molar-refractivity contribution is -0.384. The minimum atomic E-state index is -0.466. The van der Waals surface area contributed by atoms with Crippen LogP contribution in [0.2, 0.25) is 0 Å². The average Bonchev–Trinajstić information content (AvgIpc) is 3.17. The molecule has 0 radical (unpaired) electrons. The molecule has 1 aliphatic carbocycles. The summed E-state index contributed by atoms with van der Waals surface area (Å²) in [6, 6.07) is 4.78. The van der Waals surface area contributed by atoms with Crippen LogP contribution in [0.3, 0.4) is 0 Å². The molecule has 1 aromatic carbocycles. The highest BCUT2D eigenvalue weighted by Crippen LogP contribution is 2.35. The molecule has 0 saturated heterocycles. The summed E-state index contributed by atoms with van der Waals surface area (Å²) in [6.07, 6.45) is 3.24. The van der Waals surface area contributed by atoms with Crippen molar-refractivity contribution in [3.63, 3.8) is 0 Å². The molecule has 1 aliphatic rings. The Morgan fingerprint density at radius 2 is 2.19 bits per heavy atom. The number of nitrogens with zero attached hydrogens (tertiary/aromatic N) is 1. The first-order valence-corrected chi connectivity index (χ1v) is 7.40. The predicted octanol–water partition coefficient (Wildman–Crippen LogP) is 2.95. The van der Waals surface area contributed by atoms with Crippen LogP contribution in [0.15, 0.2) is 18.2 Å². The molecule has 0 spiro atoms. The normalized spacial score (nSPS) is 19.9. The van der Waals surface area contributed by atoms with Crippen LogP contribution in [0.25, 0.3) is 0 Å². The van der Waals surface area contributed by atoms with Crippen molar-refractivity contribution < 1.29 is 9.72 Å². The van der Waals surface area contributed by atoms with Crippen molar-refractivity contribution in [2.45, 2.75) is 39.2 Å². The molecule has 1 fully saturated rings. The van der Waals surface area contributed by atoms with Gasteiger partial charge in [0.25, 0.3) is 11.6 Å². The number of rotatable bonds is 7. The van der Waals surface area contributed by atoms with Crippen molar-refractivity contribution in [2.75, 3.05) is 11.9 Å². The van der Waals surface area contributed by atoms with E-state index in [0.29, 0.717) is 23.7 Å². The van der Waals surface area contributed by atoms with Crippen LogP contribution in [0, 0.1) is 16.0 Å². The highest BCUT2D eigenvalue weighted by Gasteiger charge is 2.37. The predicted molar refractivity (Wildman–Crippen MR) is 81.5 cm³/mol. The van der Waals surface area contributed by atoms with Crippen molar-refractivity contribution >= 4 is 17.3 Å². The molecule has 0 bridgehead atoms. The van der Waals surface area contributed by atoms with Crippen LogP contribution in [0.4, 0.5) is 11.4 Å². The zero-order chi connectivity index (χ0) is 15.4. The summed E-state index contributed by atoms with van der Waals surface area (Å²) < 4.78 is 0. The molecule has 21 heavy (non-hydrogen) atoms. The van der Waals surface area contributed by atoms with E-state index >= 15 is 0 Å². The summed E-state index contributed by atoms with van der Waals surface area (Å²) >= 11 is 0. The lowest BCUT2D eigenvalue weighted by Crippen LogP contribution is -2.26. The first kappa shape index (κ1) is 15.3. The Morgan fingerprint density at radius 1 is 1.43 bits per heavy atom. The highest BCUT2D eigenvalue weighted by molar-refractivity contribution is 5.96. The lowest BCUT2D eigenvalue weighted by atomic mass is 10.1. The molecule has 2 rings (SSSR count). The van der Waals surface area contributed by atoms with E-state index in [1.165, 1.54) is 6.07 Å². The molecule has 0 heterocycles. The summed E-state index contributed by atoms with van der Waals surface area (Å²) in [5, 5.41) is 16.9. The number of nitrogens with one attached hydrogen (secondary N) is 2. The molecule has 1 saturated carbocycles. The molecular weight excluding hydrogens is 270 g/mol. The Bertz CT molecular complexity index is 545. The van der Waals surface area contributed by atoms with Gasteiger partial charge in [-0.3, -0.25) is 14.9 Å². The first-order chi connectivity index (χ1) is 10.1. The Hall–Kier alpha value is -2.11. The SMILES string of the molecule is CCCC1CC1NC(=O)c1ccc(NCC)c([N+](=O)[O-])c1. The molecular formula is C15H21N3O3. The van der Waals surface area contributed by atoms with E-state index in [-0.39, 0.29) is 17.6 Å². The quantitative estimate of drug-likeness (QED) is 0.597. The Kier molecular flexibility index (Phi) is 4.77. The van der Waals surface area contributed by atoms with Crippen LogP contribution in [-0.2, 0) is 0 Å². The van der Waals surface area contributed by atoms with Gasteiger partial charge in [0.15, 0.2) is 0 Å². The number of benzene rings is 1. The van der Waals surface area contributed by atoms with Crippen LogP contribution < -0.4 is 10.6 Å². The van der Waals surface area contributed by atoms with Crippen LogP contribution in [-0.4, -0.2) is 23.4 Å². The van der Waals surface area contributed by atoms with Crippen LogP contribution >= 0.6 is 0 Å². The van der Waals surface area contributed by atoms with E-state index in [2.05, 4.69) is 17.6 Å². The zero-order valence-electron chi connectivity index (χ0n) is 12.4. The number of hydrogen-bond acceptors (Lipinski definition) is 4. The van der Waals surface area contributed by atoms with Gasteiger partial charge in [-0.15, -0.1) is 0 Å². The highest BCUT2D eigenvalue weighted by atomic mass is 16.6. The number of nitro benzene ring substituents is 1. The van der Waals surface area contributed by atoms with E-state index in [1.54, 1.807) is 12.1 Å². The van der Waals surface area contributed by atoms with E-state index in [4.69, 9.17) is 0 Å². The monoisotopic (exact) mass is 291 g/mol. The van der Waals surface area contributed by atoms with Gasteiger partial charge in [-0.2, -0.15) is 0 Å². The molecule has 114 valence electrons. The Balaban J connectivity index is 2.07. The Morgan fingerprint density at radius 3 is 2.81 bits per heavy atom. The second-order valence-corrected chi connectivity index (χ2v) is 5.38. The maximum Gasteiger partial charge on any atom is 0.293 e. The smallest absolute Gasteiger partial charge is 0.293 e. The van der Waals surface area contributed by atoms with Gasteiger partial charge < -0.3 is 10.6 Å². The average molecular weight is 291 g/mol. The molecule has 2 atom stereocenters. The lowest BCUT2D eigenvalue weighted by Gasteiger charge is -2.08. The van der Waals surface area contributed by atoms with E-state index in [0.717, 1.165) is 19.3 Å². The van der Waals surface area contributed by atoms with Gasteiger partial charge in [0.05, 0.1) is 4.92 Å². The van der Waals surface area contributed by atoms with Crippen molar-refractivity contribution in [3.8, 4) is 0 Å². The largest absolute Gasteiger partial charge is 0.380 e. The van der Waals surface area contributed by atoms with Gasteiger partial charge in [0, 0.05) is 24.2 Å². The van der Waals surface area contributed by atoms with E-state index < -0.39 is 4.92 Å². The fourth-order valence-corrected chi connectivity index (χ4v) is 2.53. The molecule has 2 unspecified atom stereocenters. The summed E-state index contributed by atoms with van der Waals surface area (Å²) in [5.41, 5.74) is 0.713. The molecule has 2 N–H and O–H groups in total. The second-order valence-electron chi connectivity index (χ2n) is 5.38. The summed E-state index contributed by atoms with van der Waals surface area (Å²) in [6.45, 7) is 4.58. The maximum atomic E-state index is 12.1. The van der Waals surface area contributed by atoms with E-state index in [9.17, 15) is 14.9 Å². The third kappa shape index (κ3) is 3.71. The molecule has 0 aliphatic heterocycles. The van der Waals surface area contributed by atoms with Crippen LogP contribution in [0.1, 0.15) is 43.5 Å². The minimum absolute atomic E-state index is 0.0644. The van der Waals surface area contributed by atoms with Gasteiger partial charge in [0.2, 0.25) is 0 Å². The fraction of sp³-hybridized carbons (Fsp3) is 0.533. The van der Waals surface area contributed by atoms with Gasteiger partial charge in [-0.25, -0.2) is 0 Å². The molecule has 1 amide bonds. The van der Waals surface area contributed by atoms with Gasteiger partial charge >= 0.3 is 0 Å². The summed E-state index contributed by atoms with van der Waals surface area (Å²) in [4.78, 5) is 22.7. The first-order valence-electron chi connectivity index (χ1n) is 7.40. The van der Waals surface area contributed by atoms with Crippen molar-refractivity contribution in [2.24, 2.45) is 5.92 Å². The topological polar surface area (TPSA) is 84.3 Å². The van der Waals surface area contributed by atoms with Crippen molar-refractivity contribution in [1.29, 1.82) is 0 Å². The molecule has 6 nitrogen and oxygen atoms in total. The van der Waals surface area contributed by atoms with Crippen molar-refractivity contribution in [3.05, 3.63) is 33.9 Å². The Labute approximate surface area is 124 Å². The molecule has 0 aromatic heterocycles. The van der Waals surface area contributed by atoms with E-state index in [1.807, 2.05) is 6.92 Å². The third-order valence-electron chi connectivity index (χ3n) is 3.72. The van der Waals surface area contributed by atoms with Gasteiger partial charge in [0.1, 0.15) is 5.69 Å². The maximum absolute atomic E-state index is 12.1. The van der Waals surface area contributed by atoms with Crippen molar-refractivity contribution in [1.82, 2.24) is 5.32 Å². The third-order valence-corrected chi connectivity index (χ3v) is 3.72. The number of nitro groups is 1. The van der Waals surface area contributed by atoms with Gasteiger partial charge in [-0.1, -0.05) is 13.3 Å². The van der Waals surface area contributed by atoms with Gasteiger partial charge in [-0.05, 0) is 37.8 Å². The standard InChI is InChI=1S/C15H21N3O3/c1-3-5-10-8-13(10)17-15(19)11-6-7-12(16-4-2)14(9-11)18(20)21/h6-7,9-10,13,16H,3-5,8H2,1-2H3,(H,17,19). The second kappa shape index (κ2) is 6.56. The fourth-order valence-electron chi connectivity index (χ4n) is 2.53. The minimum Gasteiger partial charge on any atom is -0.380 e. The number of amides is 1. The molecule has 1 aromatic rings. The number of hydrogen-bond donors (Lipinski definition) is 2. The summed E-state index contributed by atoms with van der Waals surface area (Å²) in [7, 11) is 0. The number of carbonyl (C=O) groups is 1. The summed E-state index contributed by atoms with van der Waals surface area (Å²) in [5.74, 6) is 0.333. The molecule has 6 heteroatoms.